The summed E-state index contributed by atoms with van der Waals surface area (Å²) in [6.45, 7) is 5.95. The van der Waals surface area contributed by atoms with Crippen molar-refractivity contribution >= 4 is 11.9 Å². The second-order valence-electron chi connectivity index (χ2n) is 5.29. The van der Waals surface area contributed by atoms with Crippen LogP contribution in [0.3, 0.4) is 0 Å². The van der Waals surface area contributed by atoms with Crippen LogP contribution >= 0.6 is 0 Å². The number of ether oxygens (including phenoxy) is 1. The maximum Gasteiger partial charge on any atom is 0.328 e. The Balaban J connectivity index is 1.92. The number of hydrogen-bond acceptors (Lipinski definition) is 4. The van der Waals surface area contributed by atoms with E-state index in [0.717, 1.165) is 32.5 Å². The van der Waals surface area contributed by atoms with Gasteiger partial charge in [0, 0.05) is 6.54 Å². The van der Waals surface area contributed by atoms with E-state index in [0.29, 0.717) is 12.5 Å². The summed E-state index contributed by atoms with van der Waals surface area (Å²) in [7, 11) is 0. The van der Waals surface area contributed by atoms with E-state index in [4.69, 9.17) is 9.84 Å². The first-order chi connectivity index (χ1) is 9.11. The predicted octanol–water partition coefficient (Wildman–Crippen LogP) is 0.0303. The van der Waals surface area contributed by atoms with E-state index in [9.17, 15) is 9.59 Å². The van der Waals surface area contributed by atoms with Crippen LogP contribution in [0.25, 0.3) is 0 Å². The lowest BCUT2D eigenvalue weighted by Crippen LogP contribution is -2.55. The van der Waals surface area contributed by atoms with Gasteiger partial charge in [-0.2, -0.15) is 0 Å². The molecule has 0 aromatic rings. The molecule has 0 aromatic heterocycles. The molecular weight excluding hydrogens is 248 g/mol. The van der Waals surface area contributed by atoms with Gasteiger partial charge in [0.15, 0.2) is 6.04 Å². The van der Waals surface area contributed by atoms with Gasteiger partial charge < -0.3 is 19.6 Å². The molecule has 2 fully saturated rings. The van der Waals surface area contributed by atoms with Crippen molar-refractivity contribution in [2.24, 2.45) is 5.92 Å². The molecular formula is C13H22N2O4. The van der Waals surface area contributed by atoms with Crippen molar-refractivity contribution in [1.29, 1.82) is 0 Å². The monoisotopic (exact) mass is 270 g/mol. The number of piperidine rings is 1. The van der Waals surface area contributed by atoms with Crippen LogP contribution in [0.1, 0.15) is 19.8 Å². The number of rotatable bonds is 4. The molecule has 0 aromatic carbocycles. The topological polar surface area (TPSA) is 70.1 Å². The first-order valence-corrected chi connectivity index (χ1v) is 6.94. The number of aliphatic carboxylic acids is 1. The Morgan fingerprint density at radius 2 is 2.11 bits per heavy atom. The third kappa shape index (κ3) is 3.45. The Hall–Kier alpha value is -1.14. The van der Waals surface area contributed by atoms with Gasteiger partial charge in [0.2, 0.25) is 5.91 Å². The summed E-state index contributed by atoms with van der Waals surface area (Å²) >= 11 is 0. The van der Waals surface area contributed by atoms with Gasteiger partial charge in [0.05, 0.1) is 6.61 Å². The van der Waals surface area contributed by atoms with Crippen LogP contribution in [-0.2, 0) is 14.3 Å². The number of amides is 1. The molecule has 19 heavy (non-hydrogen) atoms. The summed E-state index contributed by atoms with van der Waals surface area (Å²) in [5.41, 5.74) is 0. The fourth-order valence-electron chi connectivity index (χ4n) is 2.80. The highest BCUT2D eigenvalue weighted by molar-refractivity contribution is 5.85. The van der Waals surface area contributed by atoms with E-state index in [1.807, 2.05) is 0 Å². The van der Waals surface area contributed by atoms with Crippen molar-refractivity contribution in [2.75, 3.05) is 39.4 Å². The first kappa shape index (κ1) is 14.3. The molecule has 6 heteroatoms. The quantitative estimate of drug-likeness (QED) is 0.780. The van der Waals surface area contributed by atoms with Crippen molar-refractivity contribution in [3.63, 3.8) is 0 Å². The molecule has 0 spiro atoms. The van der Waals surface area contributed by atoms with Gasteiger partial charge in [-0.15, -0.1) is 0 Å². The molecule has 1 N–H and O–H groups in total. The number of morpholine rings is 1. The Bertz CT molecular complexity index is 340. The smallest absolute Gasteiger partial charge is 0.328 e. The van der Waals surface area contributed by atoms with E-state index in [-0.39, 0.29) is 19.1 Å². The van der Waals surface area contributed by atoms with Crippen LogP contribution in [0.5, 0.6) is 0 Å². The number of carbonyl (C=O) groups is 2. The summed E-state index contributed by atoms with van der Waals surface area (Å²) in [4.78, 5) is 26.9. The number of carboxylic acid groups (broad SMARTS) is 1. The minimum Gasteiger partial charge on any atom is -0.480 e. The van der Waals surface area contributed by atoms with Crippen LogP contribution in [0.4, 0.5) is 0 Å². The number of hydrogen-bond donors (Lipinski definition) is 1. The third-order valence-electron chi connectivity index (χ3n) is 4.09. The summed E-state index contributed by atoms with van der Waals surface area (Å²) < 4.78 is 5.03. The molecule has 2 saturated heterocycles. The lowest BCUT2D eigenvalue weighted by atomic mass is 9.95. The summed E-state index contributed by atoms with van der Waals surface area (Å²) in [6.07, 6.45) is 2.07. The molecule has 1 amide bonds. The SMILES string of the molecule is CCN1CCC(CN2C(=O)COCC2C(=O)O)CC1. The average molecular weight is 270 g/mol. The lowest BCUT2D eigenvalue weighted by Gasteiger charge is -2.38. The molecule has 1 unspecified atom stereocenters. The van der Waals surface area contributed by atoms with E-state index in [1.54, 1.807) is 0 Å². The molecule has 0 bridgehead atoms. The first-order valence-electron chi connectivity index (χ1n) is 6.94. The minimum absolute atomic E-state index is 0.0115. The van der Waals surface area contributed by atoms with Crippen LogP contribution < -0.4 is 0 Å². The normalized spacial score (nSPS) is 26.7. The number of nitrogens with zero attached hydrogens (tertiary/aromatic N) is 2. The third-order valence-corrected chi connectivity index (χ3v) is 4.09. The summed E-state index contributed by atoms with van der Waals surface area (Å²) in [6, 6.07) is -0.814. The van der Waals surface area contributed by atoms with Gasteiger partial charge in [-0.1, -0.05) is 6.92 Å². The number of likely N-dealkylation sites (tertiary alicyclic amines) is 1. The summed E-state index contributed by atoms with van der Waals surface area (Å²) in [5.74, 6) is -0.762. The zero-order chi connectivity index (χ0) is 13.8. The van der Waals surface area contributed by atoms with Crippen LogP contribution in [-0.4, -0.2) is 72.2 Å². The van der Waals surface area contributed by atoms with Gasteiger partial charge in [-0.05, 0) is 38.4 Å². The Labute approximate surface area is 113 Å². The van der Waals surface area contributed by atoms with E-state index in [2.05, 4.69) is 11.8 Å². The van der Waals surface area contributed by atoms with Crippen molar-refractivity contribution in [2.45, 2.75) is 25.8 Å². The van der Waals surface area contributed by atoms with Crippen molar-refractivity contribution in [3.05, 3.63) is 0 Å². The van der Waals surface area contributed by atoms with E-state index >= 15 is 0 Å². The number of carbonyl (C=O) groups excluding carboxylic acids is 1. The van der Waals surface area contributed by atoms with Gasteiger partial charge in [0.1, 0.15) is 6.61 Å². The van der Waals surface area contributed by atoms with Crippen LogP contribution in [0.15, 0.2) is 0 Å². The Morgan fingerprint density at radius 1 is 1.42 bits per heavy atom. The predicted molar refractivity (Wildman–Crippen MR) is 68.8 cm³/mol. The zero-order valence-electron chi connectivity index (χ0n) is 11.4. The van der Waals surface area contributed by atoms with Crippen molar-refractivity contribution in [3.8, 4) is 0 Å². The highest BCUT2D eigenvalue weighted by Crippen LogP contribution is 2.20. The Morgan fingerprint density at radius 3 is 2.68 bits per heavy atom. The lowest BCUT2D eigenvalue weighted by molar-refractivity contribution is -0.163. The standard InChI is InChI=1S/C13H22N2O4/c1-2-14-5-3-10(4-6-14)7-15-11(13(17)18)8-19-9-12(15)16/h10-11H,2-9H2,1H3,(H,17,18). The largest absolute Gasteiger partial charge is 0.480 e. The second kappa shape index (κ2) is 6.34. The molecule has 0 radical (unpaired) electrons. The van der Waals surface area contributed by atoms with Crippen molar-refractivity contribution in [1.82, 2.24) is 9.80 Å². The molecule has 2 rings (SSSR count). The average Bonchev–Trinajstić information content (AvgIpc) is 2.41. The molecule has 0 aliphatic carbocycles. The molecule has 6 nitrogen and oxygen atoms in total. The molecule has 2 heterocycles. The molecule has 108 valence electrons. The van der Waals surface area contributed by atoms with Crippen molar-refractivity contribution < 1.29 is 19.4 Å². The molecule has 1 atom stereocenters. The van der Waals surface area contributed by atoms with Crippen LogP contribution in [0.2, 0.25) is 0 Å². The van der Waals surface area contributed by atoms with Gasteiger partial charge in [0.25, 0.3) is 0 Å². The molecule has 2 aliphatic rings. The fourth-order valence-corrected chi connectivity index (χ4v) is 2.80. The van der Waals surface area contributed by atoms with Gasteiger partial charge in [-0.25, -0.2) is 4.79 Å². The highest BCUT2D eigenvalue weighted by Gasteiger charge is 2.35. The summed E-state index contributed by atoms with van der Waals surface area (Å²) in [5, 5.41) is 9.15. The zero-order valence-corrected chi connectivity index (χ0v) is 11.4. The molecule has 0 saturated carbocycles. The maximum atomic E-state index is 11.8. The van der Waals surface area contributed by atoms with Crippen LogP contribution in [0, 0.1) is 5.92 Å². The maximum absolute atomic E-state index is 11.8. The highest BCUT2D eigenvalue weighted by atomic mass is 16.5. The number of carboxylic acids is 1. The molecule has 2 aliphatic heterocycles. The fraction of sp³-hybridized carbons (Fsp3) is 0.846. The van der Waals surface area contributed by atoms with Gasteiger partial charge in [-0.3, -0.25) is 4.79 Å². The van der Waals surface area contributed by atoms with E-state index < -0.39 is 12.0 Å². The van der Waals surface area contributed by atoms with Gasteiger partial charge >= 0.3 is 5.97 Å². The Kier molecular flexibility index (Phi) is 4.76. The second-order valence-corrected chi connectivity index (χ2v) is 5.29. The minimum atomic E-state index is -0.973. The van der Waals surface area contributed by atoms with E-state index in [1.165, 1.54) is 4.90 Å².